The molecule has 2 N–H and O–H groups in total. The largest absolute Gasteiger partial charge is 0.338 e. The second-order valence-corrected chi connectivity index (χ2v) is 6.43. The molecule has 1 amide bonds. The van der Waals surface area contributed by atoms with Gasteiger partial charge in [0.2, 0.25) is 0 Å². The Morgan fingerprint density at radius 3 is 2.52 bits per heavy atom. The number of hydrogen-bond donors (Lipinski definition) is 1. The van der Waals surface area contributed by atoms with E-state index in [9.17, 15) is 4.79 Å². The van der Waals surface area contributed by atoms with Crippen LogP contribution in [0.3, 0.4) is 0 Å². The number of halogens is 2. The molecular formula is C17H23BrClN3O. The van der Waals surface area contributed by atoms with Gasteiger partial charge in [-0.05, 0) is 54.9 Å². The van der Waals surface area contributed by atoms with Crippen molar-refractivity contribution in [2.24, 2.45) is 5.73 Å². The maximum absolute atomic E-state index is 12.7. The SMILES string of the molecule is Cc1cc(C(=O)N(C)C(C)CN)c(C)n1-c1ccccc1Br.Cl. The molecule has 0 spiro atoms. The molecule has 1 aromatic carbocycles. The van der Waals surface area contributed by atoms with E-state index in [-0.39, 0.29) is 24.4 Å². The van der Waals surface area contributed by atoms with E-state index in [1.54, 1.807) is 11.9 Å². The normalized spacial score (nSPS) is 11.7. The third-order valence-corrected chi connectivity index (χ3v) is 4.75. The average Bonchev–Trinajstić information content (AvgIpc) is 2.80. The number of amides is 1. The first-order valence-electron chi connectivity index (χ1n) is 7.29. The Morgan fingerprint density at radius 1 is 1.35 bits per heavy atom. The highest BCUT2D eigenvalue weighted by Gasteiger charge is 2.22. The summed E-state index contributed by atoms with van der Waals surface area (Å²) < 4.78 is 3.10. The molecule has 2 rings (SSSR count). The van der Waals surface area contributed by atoms with E-state index in [2.05, 4.69) is 20.5 Å². The van der Waals surface area contributed by atoms with Crippen LogP contribution in [0.15, 0.2) is 34.8 Å². The Bertz CT molecular complexity index is 699. The molecule has 0 aliphatic rings. The molecule has 6 heteroatoms. The minimum absolute atomic E-state index is 0. The predicted octanol–water partition coefficient (Wildman–Crippen LogP) is 3.70. The lowest BCUT2D eigenvalue weighted by atomic mass is 10.2. The Balaban J connectivity index is 0.00000264. The van der Waals surface area contributed by atoms with Crippen LogP contribution in [0.1, 0.15) is 28.7 Å². The fraction of sp³-hybridized carbons (Fsp3) is 0.353. The third-order valence-electron chi connectivity index (χ3n) is 4.08. The molecule has 1 heterocycles. The summed E-state index contributed by atoms with van der Waals surface area (Å²) >= 11 is 3.58. The number of carbonyl (C=O) groups excluding carboxylic acids is 1. The first-order valence-corrected chi connectivity index (χ1v) is 8.08. The molecule has 0 fully saturated rings. The number of rotatable bonds is 4. The van der Waals surface area contributed by atoms with Crippen molar-refractivity contribution in [2.45, 2.75) is 26.8 Å². The van der Waals surface area contributed by atoms with Crippen LogP contribution in [0.4, 0.5) is 0 Å². The third kappa shape index (κ3) is 3.79. The van der Waals surface area contributed by atoms with Gasteiger partial charge >= 0.3 is 0 Å². The van der Waals surface area contributed by atoms with Crippen molar-refractivity contribution in [2.75, 3.05) is 13.6 Å². The fourth-order valence-corrected chi connectivity index (χ4v) is 2.99. The van der Waals surface area contributed by atoms with Crippen molar-refractivity contribution in [3.63, 3.8) is 0 Å². The van der Waals surface area contributed by atoms with Gasteiger partial charge in [-0.15, -0.1) is 12.4 Å². The summed E-state index contributed by atoms with van der Waals surface area (Å²) in [5, 5.41) is 0. The highest BCUT2D eigenvalue weighted by atomic mass is 79.9. The van der Waals surface area contributed by atoms with Crippen LogP contribution >= 0.6 is 28.3 Å². The van der Waals surface area contributed by atoms with E-state index in [0.29, 0.717) is 6.54 Å². The molecule has 0 saturated heterocycles. The second kappa shape index (κ2) is 7.99. The molecule has 126 valence electrons. The van der Waals surface area contributed by atoms with Crippen LogP contribution in [0.25, 0.3) is 5.69 Å². The van der Waals surface area contributed by atoms with Crippen LogP contribution in [0.5, 0.6) is 0 Å². The molecule has 1 atom stereocenters. The molecule has 0 saturated carbocycles. The van der Waals surface area contributed by atoms with E-state index >= 15 is 0 Å². The van der Waals surface area contributed by atoms with Crippen molar-refractivity contribution in [1.29, 1.82) is 0 Å². The van der Waals surface area contributed by atoms with Gasteiger partial charge in [0.1, 0.15) is 0 Å². The molecule has 0 aliphatic heterocycles. The minimum Gasteiger partial charge on any atom is -0.338 e. The lowest BCUT2D eigenvalue weighted by Gasteiger charge is -2.23. The predicted molar refractivity (Wildman–Crippen MR) is 101 cm³/mol. The van der Waals surface area contributed by atoms with Crippen LogP contribution in [-0.2, 0) is 0 Å². The van der Waals surface area contributed by atoms with E-state index in [0.717, 1.165) is 27.1 Å². The highest BCUT2D eigenvalue weighted by molar-refractivity contribution is 9.10. The van der Waals surface area contributed by atoms with Gasteiger partial charge in [0.05, 0.1) is 11.3 Å². The van der Waals surface area contributed by atoms with E-state index in [1.165, 1.54) is 0 Å². The van der Waals surface area contributed by atoms with Gasteiger partial charge in [0.15, 0.2) is 0 Å². The van der Waals surface area contributed by atoms with Gasteiger partial charge in [-0.25, -0.2) is 0 Å². The number of likely N-dealkylation sites (N-methyl/N-ethyl adjacent to an activating group) is 1. The molecule has 0 radical (unpaired) electrons. The summed E-state index contributed by atoms with van der Waals surface area (Å²) in [5.74, 6) is 0.00403. The zero-order valence-electron chi connectivity index (χ0n) is 13.8. The number of benzene rings is 1. The zero-order valence-corrected chi connectivity index (χ0v) is 16.2. The van der Waals surface area contributed by atoms with Crippen molar-refractivity contribution in [3.05, 3.63) is 51.8 Å². The minimum atomic E-state index is 0. The standard InChI is InChI=1S/C17H22BrN3O.ClH/c1-11-9-14(17(22)20(4)12(2)10-19)13(3)21(11)16-8-6-5-7-15(16)18;/h5-9,12H,10,19H2,1-4H3;1H. The molecule has 23 heavy (non-hydrogen) atoms. The second-order valence-electron chi connectivity index (χ2n) is 5.57. The first kappa shape index (κ1) is 19.7. The molecule has 4 nitrogen and oxygen atoms in total. The van der Waals surface area contributed by atoms with E-state index < -0.39 is 0 Å². The number of nitrogens with two attached hydrogens (primary N) is 1. The summed E-state index contributed by atoms with van der Waals surface area (Å²) in [7, 11) is 1.80. The van der Waals surface area contributed by atoms with Gasteiger partial charge in [0.25, 0.3) is 5.91 Å². The number of aryl methyl sites for hydroxylation is 1. The molecule has 0 aliphatic carbocycles. The van der Waals surface area contributed by atoms with Crippen molar-refractivity contribution < 1.29 is 4.79 Å². The maximum atomic E-state index is 12.7. The summed E-state index contributed by atoms with van der Waals surface area (Å²) in [4.78, 5) is 14.4. The summed E-state index contributed by atoms with van der Waals surface area (Å²) in [5.41, 5.74) is 9.38. The number of carbonyl (C=O) groups is 1. The van der Waals surface area contributed by atoms with Crippen LogP contribution in [0.2, 0.25) is 0 Å². The smallest absolute Gasteiger partial charge is 0.255 e. The summed E-state index contributed by atoms with van der Waals surface area (Å²) in [6, 6.07) is 9.95. The highest BCUT2D eigenvalue weighted by Crippen LogP contribution is 2.27. The number of hydrogen-bond acceptors (Lipinski definition) is 2. The van der Waals surface area contributed by atoms with E-state index in [4.69, 9.17) is 5.73 Å². The molecule has 1 unspecified atom stereocenters. The molecular weight excluding hydrogens is 378 g/mol. The Morgan fingerprint density at radius 2 is 1.96 bits per heavy atom. The fourth-order valence-electron chi connectivity index (χ4n) is 2.53. The van der Waals surface area contributed by atoms with E-state index in [1.807, 2.05) is 51.1 Å². The van der Waals surface area contributed by atoms with Gasteiger partial charge in [-0.3, -0.25) is 4.79 Å². The van der Waals surface area contributed by atoms with Crippen molar-refractivity contribution in [3.8, 4) is 5.69 Å². The molecule has 0 bridgehead atoms. The lowest BCUT2D eigenvalue weighted by Crippen LogP contribution is -2.39. The van der Waals surface area contributed by atoms with Crippen molar-refractivity contribution >= 4 is 34.2 Å². The summed E-state index contributed by atoms with van der Waals surface area (Å²) in [6.07, 6.45) is 0. The summed E-state index contributed by atoms with van der Waals surface area (Å²) in [6.45, 7) is 6.38. The first-order chi connectivity index (χ1) is 10.4. The van der Waals surface area contributed by atoms with Crippen LogP contribution in [0, 0.1) is 13.8 Å². The topological polar surface area (TPSA) is 51.3 Å². The van der Waals surface area contributed by atoms with Crippen LogP contribution in [-0.4, -0.2) is 35.0 Å². The molecule has 2 aromatic rings. The van der Waals surface area contributed by atoms with Gasteiger partial charge < -0.3 is 15.2 Å². The monoisotopic (exact) mass is 399 g/mol. The Kier molecular flexibility index (Phi) is 6.86. The quantitative estimate of drug-likeness (QED) is 0.851. The Labute approximate surface area is 152 Å². The number of para-hydroxylation sites is 1. The van der Waals surface area contributed by atoms with Gasteiger partial charge in [-0.1, -0.05) is 12.1 Å². The van der Waals surface area contributed by atoms with Crippen molar-refractivity contribution in [1.82, 2.24) is 9.47 Å². The van der Waals surface area contributed by atoms with Crippen LogP contribution < -0.4 is 5.73 Å². The average molecular weight is 401 g/mol. The molecule has 1 aromatic heterocycles. The Hall–Kier alpha value is -1.30. The maximum Gasteiger partial charge on any atom is 0.255 e. The number of aromatic nitrogens is 1. The number of nitrogens with zero attached hydrogens (tertiary/aromatic N) is 2. The lowest BCUT2D eigenvalue weighted by molar-refractivity contribution is 0.0747. The van der Waals surface area contributed by atoms with Gasteiger partial charge in [-0.2, -0.15) is 0 Å². The van der Waals surface area contributed by atoms with Gasteiger partial charge in [0, 0.05) is 35.5 Å². The zero-order chi connectivity index (χ0) is 16.4.